The molecule has 1 fully saturated rings. The number of nitrogens with one attached hydrogen (secondary N) is 2. The summed E-state index contributed by atoms with van der Waals surface area (Å²) >= 11 is 0. The van der Waals surface area contributed by atoms with E-state index in [0.29, 0.717) is 0 Å². The fourth-order valence-corrected chi connectivity index (χ4v) is 2.45. The van der Waals surface area contributed by atoms with E-state index in [1.54, 1.807) is 0 Å². The summed E-state index contributed by atoms with van der Waals surface area (Å²) in [6, 6.07) is 10.2. The molecule has 18 heavy (non-hydrogen) atoms. The zero-order chi connectivity index (χ0) is 12.4. The Kier molecular flexibility index (Phi) is 2.89. The van der Waals surface area contributed by atoms with Crippen molar-refractivity contribution in [3.8, 4) is 11.3 Å². The highest BCUT2D eigenvalue weighted by atomic mass is 15.0. The number of hydrogen-bond donors (Lipinski definition) is 3. The Balaban J connectivity index is 1.89. The predicted molar refractivity (Wildman–Crippen MR) is 72.0 cm³/mol. The van der Waals surface area contributed by atoms with E-state index in [2.05, 4.69) is 27.4 Å². The monoisotopic (exact) mass is 242 g/mol. The van der Waals surface area contributed by atoms with Crippen molar-refractivity contribution in [3.63, 3.8) is 0 Å². The number of hydrogen-bond acceptors (Lipinski definition) is 3. The van der Waals surface area contributed by atoms with Gasteiger partial charge in [0.25, 0.3) is 0 Å². The van der Waals surface area contributed by atoms with Crippen molar-refractivity contribution in [1.29, 1.82) is 0 Å². The largest absolute Gasteiger partial charge is 0.340 e. The highest BCUT2D eigenvalue weighted by Crippen LogP contribution is 2.27. The van der Waals surface area contributed by atoms with E-state index in [9.17, 15) is 0 Å². The molecule has 0 aliphatic carbocycles. The van der Waals surface area contributed by atoms with Crippen LogP contribution < -0.4 is 11.1 Å². The zero-order valence-electron chi connectivity index (χ0n) is 10.3. The van der Waals surface area contributed by atoms with E-state index in [1.165, 1.54) is 0 Å². The normalized spacial score (nSPS) is 18.7. The molecular formula is C14H18N4. The third kappa shape index (κ3) is 2.05. The molecule has 0 unspecified atom stereocenters. The Hall–Kier alpha value is -1.65. The summed E-state index contributed by atoms with van der Waals surface area (Å²) in [4.78, 5) is 7.86. The van der Waals surface area contributed by atoms with Crippen LogP contribution in [-0.4, -0.2) is 23.1 Å². The molecule has 0 saturated carbocycles. The molecular weight excluding hydrogens is 224 g/mol. The number of aromatic amines is 1. The molecule has 3 rings (SSSR count). The van der Waals surface area contributed by atoms with Crippen LogP contribution in [0.5, 0.6) is 0 Å². The maximum Gasteiger partial charge on any atom is 0.126 e. The van der Waals surface area contributed by atoms with Gasteiger partial charge in [-0.15, -0.1) is 0 Å². The van der Waals surface area contributed by atoms with Crippen molar-refractivity contribution >= 4 is 0 Å². The number of rotatable bonds is 2. The van der Waals surface area contributed by atoms with Gasteiger partial charge >= 0.3 is 0 Å². The van der Waals surface area contributed by atoms with E-state index in [0.717, 1.165) is 43.0 Å². The Labute approximate surface area is 107 Å². The summed E-state index contributed by atoms with van der Waals surface area (Å²) in [6.07, 6.45) is 3.73. The van der Waals surface area contributed by atoms with Crippen LogP contribution in [0.2, 0.25) is 0 Å². The van der Waals surface area contributed by atoms with Gasteiger partial charge in [-0.1, -0.05) is 30.3 Å². The van der Waals surface area contributed by atoms with Gasteiger partial charge in [0.05, 0.1) is 17.4 Å². The first-order chi connectivity index (χ1) is 8.78. The third-order valence-electron chi connectivity index (χ3n) is 3.63. The minimum Gasteiger partial charge on any atom is -0.340 e. The van der Waals surface area contributed by atoms with E-state index in [4.69, 9.17) is 5.73 Å². The number of benzene rings is 1. The smallest absolute Gasteiger partial charge is 0.126 e. The summed E-state index contributed by atoms with van der Waals surface area (Å²) < 4.78 is 0. The lowest BCUT2D eigenvalue weighted by Crippen LogP contribution is -2.47. The minimum absolute atomic E-state index is 0.307. The number of imidazole rings is 1. The van der Waals surface area contributed by atoms with Crippen molar-refractivity contribution in [2.45, 2.75) is 18.4 Å². The first-order valence-corrected chi connectivity index (χ1v) is 6.38. The molecule has 4 heteroatoms. The standard InChI is InChI=1S/C14H18N4/c15-14(6-8-16-9-7-14)13-17-10-12(18-13)11-4-2-1-3-5-11/h1-5,10,16H,6-9,15H2,(H,17,18). The van der Waals surface area contributed by atoms with Crippen LogP contribution in [0.3, 0.4) is 0 Å². The lowest BCUT2D eigenvalue weighted by Gasteiger charge is -2.31. The molecule has 1 aromatic heterocycles. The Morgan fingerprint density at radius 3 is 2.56 bits per heavy atom. The van der Waals surface area contributed by atoms with Crippen molar-refractivity contribution in [1.82, 2.24) is 15.3 Å². The van der Waals surface area contributed by atoms with Gasteiger partial charge in [-0.25, -0.2) is 4.98 Å². The van der Waals surface area contributed by atoms with E-state index in [1.807, 2.05) is 24.4 Å². The molecule has 0 spiro atoms. The van der Waals surface area contributed by atoms with Crippen LogP contribution in [0.15, 0.2) is 36.5 Å². The van der Waals surface area contributed by atoms with E-state index in [-0.39, 0.29) is 5.54 Å². The minimum atomic E-state index is -0.307. The summed E-state index contributed by atoms with van der Waals surface area (Å²) in [5.74, 6) is 0.905. The maximum atomic E-state index is 6.44. The van der Waals surface area contributed by atoms with Crippen molar-refractivity contribution in [2.24, 2.45) is 5.73 Å². The van der Waals surface area contributed by atoms with Crippen LogP contribution >= 0.6 is 0 Å². The van der Waals surface area contributed by atoms with Gasteiger partial charge in [0, 0.05) is 0 Å². The quantitative estimate of drug-likeness (QED) is 0.749. The molecule has 0 atom stereocenters. The van der Waals surface area contributed by atoms with Gasteiger partial charge < -0.3 is 16.0 Å². The average Bonchev–Trinajstić information content (AvgIpc) is 2.91. The Bertz CT molecular complexity index is 512. The van der Waals surface area contributed by atoms with Crippen molar-refractivity contribution in [3.05, 3.63) is 42.4 Å². The number of piperidine rings is 1. The second kappa shape index (κ2) is 4.55. The first-order valence-electron chi connectivity index (χ1n) is 6.38. The molecule has 2 heterocycles. The molecule has 0 amide bonds. The second-order valence-corrected chi connectivity index (χ2v) is 4.92. The van der Waals surface area contributed by atoms with Crippen LogP contribution in [0.1, 0.15) is 18.7 Å². The molecule has 1 aromatic carbocycles. The SMILES string of the molecule is NC1(c2ncc(-c3ccccc3)[nH]2)CCNCC1. The van der Waals surface area contributed by atoms with Crippen molar-refractivity contribution in [2.75, 3.05) is 13.1 Å². The molecule has 1 saturated heterocycles. The average molecular weight is 242 g/mol. The highest BCUT2D eigenvalue weighted by molar-refractivity contribution is 5.58. The highest BCUT2D eigenvalue weighted by Gasteiger charge is 2.32. The number of nitrogens with zero attached hydrogens (tertiary/aromatic N) is 1. The van der Waals surface area contributed by atoms with Crippen LogP contribution in [-0.2, 0) is 5.54 Å². The Morgan fingerprint density at radius 2 is 1.83 bits per heavy atom. The first kappa shape index (κ1) is 11.4. The summed E-state index contributed by atoms with van der Waals surface area (Å²) in [5, 5.41) is 3.33. The number of H-pyrrole nitrogens is 1. The molecule has 4 N–H and O–H groups in total. The fourth-order valence-electron chi connectivity index (χ4n) is 2.45. The zero-order valence-corrected chi connectivity index (χ0v) is 10.3. The molecule has 2 aromatic rings. The molecule has 1 aliphatic heterocycles. The van der Waals surface area contributed by atoms with Gasteiger partial charge in [-0.3, -0.25) is 0 Å². The number of aromatic nitrogens is 2. The predicted octanol–water partition coefficient (Wildman–Crippen LogP) is 1.61. The topological polar surface area (TPSA) is 66.7 Å². The van der Waals surface area contributed by atoms with Gasteiger partial charge in [-0.2, -0.15) is 0 Å². The van der Waals surface area contributed by atoms with Gasteiger partial charge in [0.1, 0.15) is 5.82 Å². The van der Waals surface area contributed by atoms with Gasteiger partial charge in [0.15, 0.2) is 0 Å². The molecule has 94 valence electrons. The Morgan fingerprint density at radius 1 is 1.11 bits per heavy atom. The third-order valence-corrected chi connectivity index (χ3v) is 3.63. The van der Waals surface area contributed by atoms with Gasteiger partial charge in [-0.05, 0) is 31.5 Å². The lowest BCUT2D eigenvalue weighted by molar-refractivity contribution is 0.303. The van der Waals surface area contributed by atoms with Gasteiger partial charge in [0.2, 0.25) is 0 Å². The molecule has 4 nitrogen and oxygen atoms in total. The maximum absolute atomic E-state index is 6.44. The molecule has 0 bridgehead atoms. The second-order valence-electron chi connectivity index (χ2n) is 4.92. The van der Waals surface area contributed by atoms with Crippen LogP contribution in [0.4, 0.5) is 0 Å². The lowest BCUT2D eigenvalue weighted by atomic mass is 9.89. The van der Waals surface area contributed by atoms with E-state index < -0.39 is 0 Å². The fraction of sp³-hybridized carbons (Fsp3) is 0.357. The summed E-state index contributed by atoms with van der Waals surface area (Å²) in [5.41, 5.74) is 8.31. The number of nitrogens with two attached hydrogens (primary N) is 1. The van der Waals surface area contributed by atoms with Crippen LogP contribution in [0, 0.1) is 0 Å². The molecule has 1 aliphatic rings. The molecule has 0 radical (unpaired) electrons. The van der Waals surface area contributed by atoms with E-state index >= 15 is 0 Å². The van der Waals surface area contributed by atoms with Crippen molar-refractivity contribution < 1.29 is 0 Å². The summed E-state index contributed by atoms with van der Waals surface area (Å²) in [6.45, 7) is 1.91. The van der Waals surface area contributed by atoms with Crippen LogP contribution in [0.25, 0.3) is 11.3 Å². The summed E-state index contributed by atoms with van der Waals surface area (Å²) in [7, 11) is 0.